The molecule has 1 aromatic carbocycles. The molecule has 1 aromatic heterocycles. The van der Waals surface area contributed by atoms with Gasteiger partial charge in [-0.15, -0.1) is 0 Å². The van der Waals surface area contributed by atoms with E-state index < -0.39 is 16.1 Å². The minimum Gasteiger partial charge on any atom is -0.334 e. The number of imidazole rings is 1. The first-order valence-corrected chi connectivity index (χ1v) is 10.9. The van der Waals surface area contributed by atoms with E-state index in [9.17, 15) is 13.2 Å². The number of anilines is 1. The van der Waals surface area contributed by atoms with Crippen molar-refractivity contribution >= 4 is 73.1 Å². The van der Waals surface area contributed by atoms with Crippen LogP contribution in [-0.2, 0) is 42.3 Å². The standard InChI is InChI=1S/C19H24N4O3S.K/c1-3-23-11-17(20-12(23)2)27(25,26)22-19(24)21-18-15-8-4-6-13(15)10-14-7-5-9-16(14)18;/h10-11H,3-9H2,1-2H3,(H2,21,22,24);. The molecule has 2 aliphatic rings. The van der Waals surface area contributed by atoms with Crippen LogP contribution in [0, 0.1) is 6.92 Å². The molecule has 145 valence electrons. The molecular weight excluding hydrogens is 403 g/mol. The summed E-state index contributed by atoms with van der Waals surface area (Å²) in [6.07, 6.45) is 7.47. The van der Waals surface area contributed by atoms with Crippen LogP contribution in [0.4, 0.5) is 10.5 Å². The first-order valence-electron chi connectivity index (χ1n) is 9.43. The number of carbonyl (C=O) groups is 1. The summed E-state index contributed by atoms with van der Waals surface area (Å²) in [5.74, 6) is 0.594. The number of fused-ring (bicyclic) bond motifs is 2. The molecule has 7 nitrogen and oxygen atoms in total. The van der Waals surface area contributed by atoms with Gasteiger partial charge in [0.1, 0.15) is 5.82 Å². The monoisotopic (exact) mass is 427 g/mol. The molecule has 0 saturated heterocycles. The number of hydrogen-bond acceptors (Lipinski definition) is 4. The number of aromatic nitrogens is 2. The first-order chi connectivity index (χ1) is 12.9. The Morgan fingerprint density at radius 2 is 1.75 bits per heavy atom. The minimum absolute atomic E-state index is 0. The van der Waals surface area contributed by atoms with Crippen molar-refractivity contribution in [3.8, 4) is 0 Å². The average molecular weight is 428 g/mol. The van der Waals surface area contributed by atoms with Crippen LogP contribution in [0.1, 0.15) is 47.8 Å². The number of nitrogens with zero attached hydrogens (tertiary/aromatic N) is 2. The number of carbonyl (C=O) groups excluding carboxylic acids is 1. The number of rotatable bonds is 4. The molecule has 0 aliphatic heterocycles. The average Bonchev–Trinajstić information content (AvgIpc) is 3.32. The smallest absolute Gasteiger partial charge is 0.333 e. The predicted molar refractivity (Wildman–Crippen MR) is 108 cm³/mol. The zero-order valence-electron chi connectivity index (χ0n) is 16.6. The summed E-state index contributed by atoms with van der Waals surface area (Å²) in [5, 5.41) is 2.70. The second kappa shape index (κ2) is 8.57. The molecule has 2 N–H and O–H groups in total. The molecule has 4 rings (SSSR count). The first kappa shape index (κ1) is 22.0. The molecule has 2 amide bonds. The quantitative estimate of drug-likeness (QED) is 0.733. The van der Waals surface area contributed by atoms with Gasteiger partial charge in [0, 0.05) is 69.8 Å². The van der Waals surface area contributed by atoms with Gasteiger partial charge >= 0.3 is 6.03 Å². The normalized spacial score (nSPS) is 14.9. The second-order valence-electron chi connectivity index (χ2n) is 7.21. The molecule has 0 spiro atoms. The fourth-order valence-electron chi connectivity index (χ4n) is 4.21. The third-order valence-corrected chi connectivity index (χ3v) is 6.71. The number of amides is 2. The summed E-state index contributed by atoms with van der Waals surface area (Å²) in [6, 6.07) is 1.54. The Bertz CT molecular complexity index is 998. The molecule has 0 saturated carbocycles. The van der Waals surface area contributed by atoms with E-state index in [1.165, 1.54) is 17.3 Å². The van der Waals surface area contributed by atoms with Gasteiger partial charge in [0.2, 0.25) is 0 Å². The number of aryl methyl sites for hydroxylation is 4. The van der Waals surface area contributed by atoms with Gasteiger partial charge < -0.3 is 9.88 Å². The van der Waals surface area contributed by atoms with Gasteiger partial charge in [0.15, 0.2) is 5.03 Å². The van der Waals surface area contributed by atoms with E-state index in [-0.39, 0.29) is 56.4 Å². The molecule has 2 aliphatic carbocycles. The number of urea groups is 1. The summed E-state index contributed by atoms with van der Waals surface area (Å²) in [7, 11) is -4.01. The van der Waals surface area contributed by atoms with Crippen molar-refractivity contribution in [3.05, 3.63) is 40.3 Å². The molecule has 0 fully saturated rings. The van der Waals surface area contributed by atoms with E-state index in [1.807, 2.05) is 6.92 Å². The molecule has 28 heavy (non-hydrogen) atoms. The third-order valence-electron chi connectivity index (χ3n) is 5.51. The van der Waals surface area contributed by atoms with Crippen LogP contribution in [0.15, 0.2) is 17.3 Å². The van der Waals surface area contributed by atoms with Gasteiger partial charge in [0.25, 0.3) is 10.0 Å². The number of benzene rings is 1. The Hall–Kier alpha value is -0.714. The van der Waals surface area contributed by atoms with Crippen LogP contribution in [0.3, 0.4) is 0 Å². The molecule has 0 bridgehead atoms. The minimum atomic E-state index is -4.01. The Morgan fingerprint density at radius 1 is 1.14 bits per heavy atom. The van der Waals surface area contributed by atoms with Crippen molar-refractivity contribution in [1.82, 2.24) is 14.3 Å². The van der Waals surface area contributed by atoms with E-state index in [2.05, 4.69) is 21.1 Å². The number of hydrogen-bond donors (Lipinski definition) is 2. The van der Waals surface area contributed by atoms with Gasteiger partial charge in [-0.05, 0) is 74.6 Å². The Balaban J connectivity index is 0.00000225. The molecule has 2 aromatic rings. The Labute approximate surface area is 208 Å². The summed E-state index contributed by atoms with van der Waals surface area (Å²) in [5.41, 5.74) is 5.71. The van der Waals surface area contributed by atoms with Gasteiger partial charge in [0.05, 0.1) is 0 Å². The van der Waals surface area contributed by atoms with E-state index in [1.54, 1.807) is 11.5 Å². The Morgan fingerprint density at radius 3 is 2.29 bits per heavy atom. The topological polar surface area (TPSA) is 93.1 Å². The van der Waals surface area contributed by atoms with Crippen LogP contribution in [0.25, 0.3) is 0 Å². The van der Waals surface area contributed by atoms with Gasteiger partial charge in [-0.1, -0.05) is 6.07 Å². The predicted octanol–water partition coefficient (Wildman–Crippen LogP) is 2.32. The van der Waals surface area contributed by atoms with Crippen LogP contribution < -0.4 is 10.0 Å². The van der Waals surface area contributed by atoms with E-state index >= 15 is 0 Å². The van der Waals surface area contributed by atoms with E-state index in [0.717, 1.165) is 55.3 Å². The summed E-state index contributed by atoms with van der Waals surface area (Å²) in [6.45, 7) is 4.25. The van der Waals surface area contributed by atoms with Crippen LogP contribution in [-0.4, -0.2) is 75.4 Å². The number of sulfonamides is 1. The fraction of sp³-hybridized carbons (Fsp3) is 0.474. The van der Waals surface area contributed by atoms with Crippen LogP contribution >= 0.6 is 0 Å². The maximum absolute atomic E-state index is 12.5. The molecule has 1 heterocycles. The zero-order valence-corrected chi connectivity index (χ0v) is 20.6. The second-order valence-corrected chi connectivity index (χ2v) is 8.84. The molecular formula is C19H24KN4O3S. The molecule has 9 heteroatoms. The molecule has 0 atom stereocenters. The third kappa shape index (κ3) is 4.10. The molecule has 1 radical (unpaired) electrons. The van der Waals surface area contributed by atoms with E-state index in [4.69, 9.17) is 0 Å². The van der Waals surface area contributed by atoms with Crippen molar-refractivity contribution in [2.24, 2.45) is 0 Å². The summed E-state index contributed by atoms with van der Waals surface area (Å²) in [4.78, 5) is 16.6. The van der Waals surface area contributed by atoms with Gasteiger partial charge in [-0.25, -0.2) is 14.5 Å². The van der Waals surface area contributed by atoms with Crippen molar-refractivity contribution in [2.45, 2.75) is 63.9 Å². The van der Waals surface area contributed by atoms with Crippen LogP contribution in [0.5, 0.6) is 0 Å². The SMILES string of the molecule is CCn1cc(S(=O)(=O)NC(=O)Nc2c3c(cc4c2CCC4)CCC3)nc1C.[K]. The summed E-state index contributed by atoms with van der Waals surface area (Å²) < 4.78 is 28.9. The maximum atomic E-state index is 12.5. The largest absolute Gasteiger partial charge is 0.334 e. The van der Waals surface area contributed by atoms with E-state index in [0.29, 0.717) is 12.4 Å². The maximum Gasteiger partial charge on any atom is 0.333 e. The van der Waals surface area contributed by atoms with Gasteiger partial charge in [-0.3, -0.25) is 0 Å². The van der Waals surface area contributed by atoms with Crippen molar-refractivity contribution < 1.29 is 13.2 Å². The van der Waals surface area contributed by atoms with Crippen molar-refractivity contribution in [2.75, 3.05) is 5.32 Å². The van der Waals surface area contributed by atoms with Crippen LogP contribution in [0.2, 0.25) is 0 Å². The Kier molecular flexibility index (Phi) is 6.73. The summed E-state index contributed by atoms with van der Waals surface area (Å²) >= 11 is 0. The fourth-order valence-corrected chi connectivity index (χ4v) is 5.13. The van der Waals surface area contributed by atoms with Crippen molar-refractivity contribution in [3.63, 3.8) is 0 Å². The van der Waals surface area contributed by atoms with Crippen molar-refractivity contribution in [1.29, 1.82) is 0 Å². The molecule has 0 unspecified atom stereocenters. The van der Waals surface area contributed by atoms with Gasteiger partial charge in [-0.2, -0.15) is 8.42 Å². The zero-order chi connectivity index (χ0) is 19.2. The number of nitrogens with one attached hydrogen (secondary N) is 2.